The Labute approximate surface area is 400 Å². The standard InChI is InChI=1S/C64H56N4/c1-39(2)45-25-29-53-55(35-45)41(5)57(33-43-17-9-7-10-18-43)59-31-27-47(65-59)38-62-50-22-14-16-24-52(50)64(68-62)54-30-26-46(40(3)4)36-56(54)42(6)58(34-44-19-11-8-12-20-44)60-32-28-48(66-60)37-61-49-21-13-15-23-51(49)63(53)67-61/h7-42,67-68H,1-6H3/b47-38-,48-37-,57-33+,58-34+. The van der Waals surface area contributed by atoms with Crippen molar-refractivity contribution in [3.8, 4) is 22.5 Å². The molecule has 4 heteroatoms. The molecule has 332 valence electrons. The van der Waals surface area contributed by atoms with E-state index in [1.807, 2.05) is 0 Å². The Morgan fingerprint density at radius 3 is 1.22 bits per heavy atom. The van der Waals surface area contributed by atoms with Gasteiger partial charge in [0.2, 0.25) is 0 Å². The number of benzene rings is 6. The summed E-state index contributed by atoms with van der Waals surface area (Å²) < 4.78 is 0. The number of aromatic nitrogens is 2. The molecule has 3 aliphatic heterocycles. The van der Waals surface area contributed by atoms with Gasteiger partial charge in [-0.1, -0.05) is 187 Å². The first-order valence-corrected chi connectivity index (χ1v) is 24.2. The van der Waals surface area contributed by atoms with Crippen LogP contribution in [0.4, 0.5) is 0 Å². The molecule has 3 aliphatic rings. The van der Waals surface area contributed by atoms with Gasteiger partial charge in [-0.3, -0.25) is 0 Å². The van der Waals surface area contributed by atoms with Crippen molar-refractivity contribution >= 4 is 57.3 Å². The van der Waals surface area contributed by atoms with Crippen molar-refractivity contribution in [2.45, 2.75) is 65.2 Å². The predicted molar refractivity (Wildman–Crippen MR) is 290 cm³/mol. The zero-order chi connectivity index (χ0) is 46.5. The number of H-pyrrole nitrogens is 2. The van der Waals surface area contributed by atoms with Crippen molar-refractivity contribution in [2.24, 2.45) is 9.98 Å². The van der Waals surface area contributed by atoms with Crippen LogP contribution in [0.2, 0.25) is 0 Å². The van der Waals surface area contributed by atoms with E-state index in [4.69, 9.17) is 9.98 Å². The number of aromatic amines is 2. The molecular formula is C64H56N4. The summed E-state index contributed by atoms with van der Waals surface area (Å²) in [5.41, 5.74) is 20.1. The number of fused-ring (bicyclic) bond motifs is 16. The third-order valence-corrected chi connectivity index (χ3v) is 14.1. The van der Waals surface area contributed by atoms with Gasteiger partial charge in [0, 0.05) is 55.9 Å². The second-order valence-corrected chi connectivity index (χ2v) is 19.2. The number of aliphatic imine (C=N–C) groups is 2. The third-order valence-electron chi connectivity index (χ3n) is 14.1. The second-order valence-electron chi connectivity index (χ2n) is 19.2. The maximum Gasteiger partial charge on any atom is 0.0676 e. The maximum absolute atomic E-state index is 5.46. The molecule has 8 aromatic rings. The van der Waals surface area contributed by atoms with Crippen molar-refractivity contribution < 1.29 is 0 Å². The van der Waals surface area contributed by atoms with Crippen molar-refractivity contribution in [2.75, 3.05) is 0 Å². The summed E-state index contributed by atoms with van der Waals surface area (Å²) in [7, 11) is 0. The van der Waals surface area contributed by atoms with Gasteiger partial charge < -0.3 is 9.97 Å². The van der Waals surface area contributed by atoms with Crippen molar-refractivity contribution in [1.29, 1.82) is 0 Å². The molecule has 0 saturated carbocycles. The zero-order valence-corrected chi connectivity index (χ0v) is 39.7. The topological polar surface area (TPSA) is 56.3 Å². The number of hydrogen-bond donors (Lipinski definition) is 2. The van der Waals surface area contributed by atoms with Crippen molar-refractivity contribution in [3.63, 3.8) is 0 Å². The zero-order valence-electron chi connectivity index (χ0n) is 39.7. The SMILES string of the molecule is CC(C)c1ccc2c(c1)C(C)/C(=C\c1ccccc1)C1=N/C(=C\c3[nH]c(c4ccccc34)-c3ccc(C(C)C)cc3C(C)/C(=C\c3ccccc3)C3=N/C(=C\c4[nH]c-2c2ccccc42)C=C3)C=C1. The summed E-state index contributed by atoms with van der Waals surface area (Å²) >= 11 is 0. The van der Waals surface area contributed by atoms with E-state index in [1.54, 1.807) is 0 Å². The van der Waals surface area contributed by atoms with E-state index in [2.05, 4.69) is 246 Å². The highest BCUT2D eigenvalue weighted by Gasteiger charge is 2.27. The van der Waals surface area contributed by atoms with Gasteiger partial charge in [0.15, 0.2) is 0 Å². The fraction of sp³-hybridized carbons (Fsp3) is 0.156. The van der Waals surface area contributed by atoms with Gasteiger partial charge in [0.25, 0.3) is 0 Å². The first kappa shape index (κ1) is 42.8. The Hall–Kier alpha value is -7.82. The molecular weight excluding hydrogens is 825 g/mol. The van der Waals surface area contributed by atoms with Crippen LogP contribution in [0.3, 0.4) is 0 Å². The van der Waals surface area contributed by atoms with E-state index in [0.29, 0.717) is 11.8 Å². The average molecular weight is 881 g/mol. The summed E-state index contributed by atoms with van der Waals surface area (Å²) in [6.45, 7) is 13.8. The molecule has 4 nitrogen and oxygen atoms in total. The summed E-state index contributed by atoms with van der Waals surface area (Å²) in [4.78, 5) is 18.9. The molecule has 0 radical (unpaired) electrons. The lowest BCUT2D eigenvalue weighted by Gasteiger charge is -2.22. The molecule has 8 bridgehead atoms. The minimum Gasteiger partial charge on any atom is -0.354 e. The number of rotatable bonds is 4. The molecule has 11 rings (SSSR count). The molecule has 68 heavy (non-hydrogen) atoms. The monoisotopic (exact) mass is 880 g/mol. The van der Waals surface area contributed by atoms with Crippen molar-refractivity contribution in [1.82, 2.24) is 9.97 Å². The molecule has 0 fully saturated rings. The largest absolute Gasteiger partial charge is 0.354 e. The van der Waals surface area contributed by atoms with E-state index in [1.165, 1.54) is 44.2 Å². The Bertz CT molecular complexity index is 3280. The van der Waals surface area contributed by atoms with Gasteiger partial charge in [-0.25, -0.2) is 9.98 Å². The smallest absolute Gasteiger partial charge is 0.0676 e. The van der Waals surface area contributed by atoms with Crippen LogP contribution < -0.4 is 0 Å². The van der Waals surface area contributed by atoms with Crippen LogP contribution in [0.25, 0.3) is 68.4 Å². The summed E-state index contributed by atoms with van der Waals surface area (Å²) in [5, 5.41) is 4.69. The molecule has 0 saturated heterocycles. The number of nitrogens with one attached hydrogen (secondary N) is 2. The molecule has 0 spiro atoms. The van der Waals surface area contributed by atoms with Gasteiger partial charge in [0.05, 0.1) is 34.2 Å². The highest BCUT2D eigenvalue weighted by molar-refractivity contribution is 6.16. The third kappa shape index (κ3) is 8.00. The van der Waals surface area contributed by atoms with Gasteiger partial charge >= 0.3 is 0 Å². The quantitative estimate of drug-likeness (QED) is 0.177. The summed E-state index contributed by atoms with van der Waals surface area (Å²) in [5.74, 6) is 0.689. The molecule has 0 amide bonds. The molecule has 6 aromatic carbocycles. The van der Waals surface area contributed by atoms with Crippen LogP contribution in [-0.4, -0.2) is 21.4 Å². The Balaban J connectivity index is 1.19. The van der Waals surface area contributed by atoms with Crippen LogP contribution in [0.5, 0.6) is 0 Å². The normalized spacial score (nSPS) is 19.6. The Kier molecular flexibility index (Phi) is 11.2. The van der Waals surface area contributed by atoms with E-state index >= 15 is 0 Å². The fourth-order valence-corrected chi connectivity index (χ4v) is 10.3. The van der Waals surface area contributed by atoms with Crippen LogP contribution in [0, 0.1) is 0 Å². The Morgan fingerprint density at radius 2 is 0.824 bits per heavy atom. The summed E-state index contributed by atoms with van der Waals surface area (Å²) in [6, 6.07) is 53.0. The lowest BCUT2D eigenvalue weighted by Crippen LogP contribution is -2.09. The predicted octanol–water partition coefficient (Wildman–Crippen LogP) is 17.0. The fourth-order valence-electron chi connectivity index (χ4n) is 10.3. The van der Waals surface area contributed by atoms with Gasteiger partial charge in [0.1, 0.15) is 0 Å². The summed E-state index contributed by atoms with van der Waals surface area (Å²) in [6.07, 6.45) is 17.9. The number of nitrogens with zero attached hydrogens (tertiary/aromatic N) is 2. The van der Waals surface area contributed by atoms with Crippen molar-refractivity contribution in [3.05, 3.63) is 237 Å². The molecule has 2 atom stereocenters. The first-order chi connectivity index (χ1) is 33.2. The molecule has 5 heterocycles. The van der Waals surface area contributed by atoms with Gasteiger partial charge in [-0.2, -0.15) is 0 Å². The minimum atomic E-state index is -0.0136. The molecule has 2 unspecified atom stereocenters. The van der Waals surface area contributed by atoms with E-state index in [0.717, 1.165) is 78.6 Å². The van der Waals surface area contributed by atoms with E-state index in [9.17, 15) is 0 Å². The average Bonchev–Trinajstić information content (AvgIpc) is 4.19. The lowest BCUT2D eigenvalue weighted by molar-refractivity contribution is 0.854. The van der Waals surface area contributed by atoms with E-state index < -0.39 is 0 Å². The molecule has 0 aliphatic carbocycles. The number of hydrogen-bond acceptors (Lipinski definition) is 2. The van der Waals surface area contributed by atoms with Crippen LogP contribution in [0.1, 0.15) is 110 Å². The minimum absolute atomic E-state index is 0.0136. The van der Waals surface area contributed by atoms with Crippen LogP contribution in [0.15, 0.2) is 202 Å². The van der Waals surface area contributed by atoms with Crippen LogP contribution >= 0.6 is 0 Å². The molecule has 2 N–H and O–H groups in total. The van der Waals surface area contributed by atoms with Gasteiger partial charge in [-0.05, 0) is 105 Å². The van der Waals surface area contributed by atoms with Gasteiger partial charge in [-0.15, -0.1) is 0 Å². The molecule has 2 aromatic heterocycles. The lowest BCUT2D eigenvalue weighted by atomic mass is 9.83. The maximum atomic E-state index is 5.46. The van der Waals surface area contributed by atoms with E-state index in [-0.39, 0.29) is 11.8 Å². The Morgan fingerprint density at radius 1 is 0.441 bits per heavy atom. The first-order valence-electron chi connectivity index (χ1n) is 24.2. The van der Waals surface area contributed by atoms with Crippen LogP contribution in [-0.2, 0) is 0 Å². The highest BCUT2D eigenvalue weighted by atomic mass is 14.8. The number of allylic oxidation sites excluding steroid dienone is 6. The second kappa shape index (κ2) is 17.8. The highest BCUT2D eigenvalue weighted by Crippen LogP contribution is 2.44.